The fourth-order valence-electron chi connectivity index (χ4n) is 2.87. The van der Waals surface area contributed by atoms with Gasteiger partial charge in [-0.2, -0.15) is 13.2 Å². The van der Waals surface area contributed by atoms with Crippen LogP contribution in [0.4, 0.5) is 13.2 Å². The maximum atomic E-state index is 12.9. The molecule has 0 aromatic carbocycles. The van der Waals surface area contributed by atoms with Gasteiger partial charge in [-0.05, 0) is 12.8 Å². The quantitative estimate of drug-likeness (QED) is 0.778. The van der Waals surface area contributed by atoms with Gasteiger partial charge in [-0.1, -0.05) is 12.8 Å². The van der Waals surface area contributed by atoms with Crippen LogP contribution >= 0.6 is 0 Å². The Labute approximate surface area is 109 Å². The molecule has 0 aromatic heterocycles. The molecule has 0 bridgehead atoms. The number of carbonyl (C=O) groups is 2. The van der Waals surface area contributed by atoms with Crippen molar-refractivity contribution in [3.05, 3.63) is 0 Å². The predicted molar refractivity (Wildman–Crippen MR) is 61.1 cm³/mol. The zero-order chi connectivity index (χ0) is 14.2. The van der Waals surface area contributed by atoms with Crippen molar-refractivity contribution in [3.63, 3.8) is 0 Å². The molecule has 2 rings (SSSR count). The van der Waals surface area contributed by atoms with E-state index >= 15 is 0 Å². The van der Waals surface area contributed by atoms with Crippen molar-refractivity contribution in [1.82, 2.24) is 10.2 Å². The molecule has 1 aliphatic heterocycles. The molecule has 0 spiro atoms. The van der Waals surface area contributed by atoms with Crippen LogP contribution in [0.15, 0.2) is 0 Å². The van der Waals surface area contributed by atoms with Crippen LogP contribution < -0.4 is 5.32 Å². The molecule has 3 unspecified atom stereocenters. The van der Waals surface area contributed by atoms with E-state index in [2.05, 4.69) is 5.32 Å². The van der Waals surface area contributed by atoms with Crippen molar-refractivity contribution in [1.29, 1.82) is 0 Å². The summed E-state index contributed by atoms with van der Waals surface area (Å²) < 4.78 is 38.7. The number of hydrogen-bond donors (Lipinski definition) is 1. The van der Waals surface area contributed by atoms with Crippen molar-refractivity contribution >= 4 is 11.8 Å². The first kappa shape index (κ1) is 14.3. The zero-order valence-corrected chi connectivity index (χ0v) is 10.7. The summed E-state index contributed by atoms with van der Waals surface area (Å²) >= 11 is 0. The minimum atomic E-state index is -4.25. The minimum absolute atomic E-state index is 0.0452. The summed E-state index contributed by atoms with van der Waals surface area (Å²) in [7, 11) is 1.36. The fraction of sp³-hybridized carbons (Fsp3) is 0.833. The molecular formula is C12H17F3N2O2. The molecule has 1 N–H and O–H groups in total. The Hall–Kier alpha value is -1.11. The number of carbonyl (C=O) groups excluding carboxylic acids is 2. The molecule has 4 nitrogen and oxygen atoms in total. The van der Waals surface area contributed by atoms with Gasteiger partial charge in [-0.25, -0.2) is 0 Å². The standard InChI is InChI=1S/C12H17F3N2O2/c1-17-10(18)6-9(11(17)19)16-8-5-3-2-4-7(8)12(13,14)15/h7-9,16H,2-6H2,1H3. The number of amides is 2. The highest BCUT2D eigenvalue weighted by Crippen LogP contribution is 2.38. The Morgan fingerprint density at radius 2 is 1.84 bits per heavy atom. The maximum Gasteiger partial charge on any atom is 0.393 e. The summed E-state index contributed by atoms with van der Waals surface area (Å²) in [5.74, 6) is -2.20. The van der Waals surface area contributed by atoms with Gasteiger partial charge in [-0.15, -0.1) is 0 Å². The molecule has 7 heteroatoms. The molecule has 19 heavy (non-hydrogen) atoms. The van der Waals surface area contributed by atoms with Crippen LogP contribution in [-0.2, 0) is 9.59 Å². The zero-order valence-electron chi connectivity index (χ0n) is 10.7. The molecule has 1 aliphatic carbocycles. The second-order valence-corrected chi connectivity index (χ2v) is 5.25. The highest BCUT2D eigenvalue weighted by Gasteiger charge is 2.47. The van der Waals surface area contributed by atoms with E-state index in [1.54, 1.807) is 0 Å². The van der Waals surface area contributed by atoms with Crippen LogP contribution in [-0.4, -0.2) is 42.0 Å². The van der Waals surface area contributed by atoms with Gasteiger partial charge in [0.25, 0.3) is 0 Å². The highest BCUT2D eigenvalue weighted by molar-refractivity contribution is 6.05. The number of nitrogens with one attached hydrogen (secondary N) is 1. The number of likely N-dealkylation sites (N-methyl/N-ethyl adjacent to an activating group) is 1. The normalized spacial score (nSPS) is 33.1. The maximum absolute atomic E-state index is 12.9. The van der Waals surface area contributed by atoms with Gasteiger partial charge in [0.05, 0.1) is 18.4 Å². The van der Waals surface area contributed by atoms with E-state index in [4.69, 9.17) is 0 Å². The summed E-state index contributed by atoms with van der Waals surface area (Å²) in [4.78, 5) is 24.0. The van der Waals surface area contributed by atoms with Crippen molar-refractivity contribution in [2.75, 3.05) is 7.05 Å². The number of nitrogens with zero attached hydrogens (tertiary/aromatic N) is 1. The lowest BCUT2D eigenvalue weighted by molar-refractivity contribution is -0.189. The van der Waals surface area contributed by atoms with Crippen molar-refractivity contribution < 1.29 is 22.8 Å². The average Bonchev–Trinajstić information content (AvgIpc) is 2.56. The van der Waals surface area contributed by atoms with Gasteiger partial charge in [0, 0.05) is 13.1 Å². The van der Waals surface area contributed by atoms with Crippen molar-refractivity contribution in [2.24, 2.45) is 5.92 Å². The van der Waals surface area contributed by atoms with Crippen LogP contribution in [0.3, 0.4) is 0 Å². The van der Waals surface area contributed by atoms with Gasteiger partial charge >= 0.3 is 6.18 Å². The van der Waals surface area contributed by atoms with Gasteiger partial charge in [0.15, 0.2) is 0 Å². The predicted octanol–water partition coefficient (Wildman–Crippen LogP) is 1.45. The third kappa shape index (κ3) is 2.91. The van der Waals surface area contributed by atoms with Crippen molar-refractivity contribution in [3.8, 4) is 0 Å². The Kier molecular flexibility index (Phi) is 3.85. The summed E-state index contributed by atoms with van der Waals surface area (Å²) in [6, 6.07) is -1.56. The van der Waals surface area contributed by atoms with E-state index in [0.717, 1.165) is 11.3 Å². The number of hydrogen-bond acceptors (Lipinski definition) is 3. The average molecular weight is 278 g/mol. The molecule has 1 saturated carbocycles. The van der Waals surface area contributed by atoms with E-state index in [1.165, 1.54) is 7.05 Å². The first-order chi connectivity index (χ1) is 8.80. The number of imide groups is 1. The van der Waals surface area contributed by atoms with E-state index in [9.17, 15) is 22.8 Å². The van der Waals surface area contributed by atoms with Gasteiger partial charge in [0.1, 0.15) is 0 Å². The van der Waals surface area contributed by atoms with Crippen LogP contribution in [0.2, 0.25) is 0 Å². The number of rotatable bonds is 2. The first-order valence-corrected chi connectivity index (χ1v) is 6.44. The molecule has 0 aromatic rings. The van der Waals surface area contributed by atoms with Gasteiger partial charge in [-0.3, -0.25) is 14.5 Å². The molecule has 108 valence electrons. The van der Waals surface area contributed by atoms with E-state index < -0.39 is 30.1 Å². The first-order valence-electron chi connectivity index (χ1n) is 6.44. The third-order valence-electron chi connectivity index (χ3n) is 3.98. The molecular weight excluding hydrogens is 261 g/mol. The summed E-state index contributed by atoms with van der Waals surface area (Å²) in [6.45, 7) is 0. The number of likely N-dealkylation sites (tertiary alicyclic amines) is 1. The van der Waals surface area contributed by atoms with Crippen molar-refractivity contribution in [2.45, 2.75) is 50.4 Å². The molecule has 2 amide bonds. The lowest BCUT2D eigenvalue weighted by atomic mass is 9.83. The second-order valence-electron chi connectivity index (χ2n) is 5.25. The molecule has 2 fully saturated rings. The fourth-order valence-corrected chi connectivity index (χ4v) is 2.87. The summed E-state index contributed by atoms with van der Waals surface area (Å²) in [5.41, 5.74) is 0. The molecule has 1 heterocycles. The summed E-state index contributed by atoms with van der Waals surface area (Å²) in [5, 5.41) is 2.75. The Bertz CT molecular complexity index is 384. The number of alkyl halides is 3. The second kappa shape index (κ2) is 5.11. The Morgan fingerprint density at radius 3 is 2.37 bits per heavy atom. The molecule has 1 saturated heterocycles. The topological polar surface area (TPSA) is 49.4 Å². The van der Waals surface area contributed by atoms with E-state index in [-0.39, 0.29) is 18.7 Å². The highest BCUT2D eigenvalue weighted by atomic mass is 19.4. The van der Waals surface area contributed by atoms with E-state index in [1.807, 2.05) is 0 Å². The van der Waals surface area contributed by atoms with E-state index in [0.29, 0.717) is 12.8 Å². The monoisotopic (exact) mass is 278 g/mol. The number of halogens is 3. The lowest BCUT2D eigenvalue weighted by Gasteiger charge is -2.34. The Balaban J connectivity index is 2.04. The third-order valence-corrected chi connectivity index (χ3v) is 3.98. The molecule has 3 atom stereocenters. The van der Waals surface area contributed by atoms with Gasteiger partial charge in [0.2, 0.25) is 11.8 Å². The summed E-state index contributed by atoms with van der Waals surface area (Å²) in [6.07, 6.45) is -2.54. The Morgan fingerprint density at radius 1 is 1.21 bits per heavy atom. The minimum Gasteiger partial charge on any atom is -0.302 e. The molecule has 0 radical (unpaired) electrons. The largest absolute Gasteiger partial charge is 0.393 e. The SMILES string of the molecule is CN1C(=O)CC(NC2CCCCC2C(F)(F)F)C1=O. The van der Waals surface area contributed by atoms with Gasteiger partial charge < -0.3 is 5.32 Å². The van der Waals surface area contributed by atoms with Crippen LogP contribution in [0, 0.1) is 5.92 Å². The smallest absolute Gasteiger partial charge is 0.302 e. The van der Waals surface area contributed by atoms with Crippen LogP contribution in [0.25, 0.3) is 0 Å². The lowest BCUT2D eigenvalue weighted by Crippen LogP contribution is -2.51. The van der Waals surface area contributed by atoms with Crippen LogP contribution in [0.1, 0.15) is 32.1 Å². The van der Waals surface area contributed by atoms with Crippen LogP contribution in [0.5, 0.6) is 0 Å². The molecule has 2 aliphatic rings.